The number of rotatable bonds is 3. The van der Waals surface area contributed by atoms with Crippen LogP contribution in [0.4, 0.5) is 5.69 Å². The zero-order chi connectivity index (χ0) is 16.8. The summed E-state index contributed by atoms with van der Waals surface area (Å²) in [6.07, 6.45) is 8.25. The fourth-order valence-corrected chi connectivity index (χ4v) is 3.56. The minimum Gasteiger partial charge on any atom is -0.340 e. The fraction of sp³-hybridized carbons (Fsp3) is 0.409. The summed E-state index contributed by atoms with van der Waals surface area (Å²) in [4.78, 5) is 4.44. The maximum absolute atomic E-state index is 4.44. The van der Waals surface area contributed by atoms with Crippen LogP contribution in [0, 0.1) is 6.92 Å². The highest BCUT2D eigenvalue weighted by Crippen LogP contribution is 2.31. The second-order valence-corrected chi connectivity index (χ2v) is 6.87. The van der Waals surface area contributed by atoms with Gasteiger partial charge in [0.15, 0.2) is 0 Å². The number of hydrogen-bond acceptors (Lipinski definition) is 1. The van der Waals surface area contributed by atoms with E-state index < -0.39 is 0 Å². The fourth-order valence-electron chi connectivity index (χ4n) is 3.56. The number of nitrogens with one attached hydrogen (secondary N) is 1. The summed E-state index contributed by atoms with van der Waals surface area (Å²) in [5.74, 6) is 1.67. The van der Waals surface area contributed by atoms with Crippen LogP contribution >= 0.6 is 0 Å². The molecule has 0 atom stereocenters. The maximum Gasteiger partial charge on any atom is 0.132 e. The normalized spacial score (nSPS) is 16.7. The Hall–Kier alpha value is -2.09. The van der Waals surface area contributed by atoms with Crippen LogP contribution in [0.15, 0.2) is 53.5 Å². The zero-order valence-corrected chi connectivity index (χ0v) is 14.9. The van der Waals surface area contributed by atoms with Gasteiger partial charge in [-0.3, -0.25) is 4.99 Å². The molecule has 1 N–H and O–H groups in total. The van der Waals surface area contributed by atoms with E-state index in [1.165, 1.54) is 49.7 Å². The largest absolute Gasteiger partial charge is 0.340 e. The van der Waals surface area contributed by atoms with E-state index in [0.29, 0.717) is 0 Å². The van der Waals surface area contributed by atoms with Gasteiger partial charge in [-0.2, -0.15) is 0 Å². The average molecular weight is 320 g/mol. The molecule has 0 radical (unpaired) electrons. The van der Waals surface area contributed by atoms with Crippen molar-refractivity contribution in [3.63, 3.8) is 0 Å². The van der Waals surface area contributed by atoms with Gasteiger partial charge in [0.1, 0.15) is 5.84 Å². The van der Waals surface area contributed by atoms with Crippen LogP contribution in [0.3, 0.4) is 0 Å². The Balaban J connectivity index is 1.72. The van der Waals surface area contributed by atoms with Crippen molar-refractivity contribution in [1.29, 1.82) is 0 Å². The van der Waals surface area contributed by atoms with Crippen LogP contribution in [-0.2, 0) is 0 Å². The van der Waals surface area contributed by atoms with Gasteiger partial charge in [0.05, 0.1) is 0 Å². The molecule has 0 bridgehead atoms. The lowest BCUT2D eigenvalue weighted by Gasteiger charge is -2.16. The molecule has 1 fully saturated rings. The number of aryl methyl sites for hydroxylation is 1. The highest BCUT2D eigenvalue weighted by atomic mass is 15.0. The molecular weight excluding hydrogens is 292 g/mol. The first-order valence-electron chi connectivity index (χ1n) is 9.17. The highest BCUT2D eigenvalue weighted by molar-refractivity contribution is 6.08. The van der Waals surface area contributed by atoms with Crippen LogP contribution < -0.4 is 5.32 Å². The Morgan fingerprint density at radius 2 is 1.50 bits per heavy atom. The Morgan fingerprint density at radius 1 is 0.875 bits per heavy atom. The Labute approximate surface area is 146 Å². The minimum atomic E-state index is 0.744. The molecule has 0 aliphatic heterocycles. The summed E-state index contributed by atoms with van der Waals surface area (Å²) in [5.41, 5.74) is 4.99. The molecule has 24 heavy (non-hydrogen) atoms. The molecule has 0 amide bonds. The number of nitrogens with zero attached hydrogens (tertiary/aromatic N) is 1. The van der Waals surface area contributed by atoms with E-state index >= 15 is 0 Å². The van der Waals surface area contributed by atoms with Crippen molar-refractivity contribution in [2.24, 2.45) is 4.99 Å². The van der Waals surface area contributed by atoms with Crippen LogP contribution in [-0.4, -0.2) is 12.9 Å². The SMILES string of the molecule is CN=C(Nc1ccc(C)cc1)c1ccc(C2CCCCCC2)cc1. The Kier molecular flexibility index (Phi) is 5.68. The summed E-state index contributed by atoms with van der Waals surface area (Å²) in [7, 11) is 1.84. The second-order valence-electron chi connectivity index (χ2n) is 6.87. The molecular formula is C22H28N2. The van der Waals surface area contributed by atoms with Crippen molar-refractivity contribution < 1.29 is 0 Å². The van der Waals surface area contributed by atoms with Gasteiger partial charge in [-0.25, -0.2) is 0 Å². The third-order valence-corrected chi connectivity index (χ3v) is 5.05. The van der Waals surface area contributed by atoms with Crippen molar-refractivity contribution in [1.82, 2.24) is 0 Å². The van der Waals surface area contributed by atoms with Gasteiger partial charge in [-0.15, -0.1) is 0 Å². The predicted molar refractivity (Wildman–Crippen MR) is 104 cm³/mol. The summed E-state index contributed by atoms with van der Waals surface area (Å²) in [5, 5.41) is 3.43. The third-order valence-electron chi connectivity index (χ3n) is 5.05. The van der Waals surface area contributed by atoms with Crippen LogP contribution in [0.5, 0.6) is 0 Å². The topological polar surface area (TPSA) is 24.4 Å². The van der Waals surface area contributed by atoms with Gasteiger partial charge >= 0.3 is 0 Å². The van der Waals surface area contributed by atoms with Crippen molar-refractivity contribution in [2.75, 3.05) is 12.4 Å². The Bertz CT molecular complexity index is 660. The monoisotopic (exact) mass is 320 g/mol. The molecule has 0 heterocycles. The number of amidine groups is 1. The molecule has 2 heteroatoms. The molecule has 2 aromatic carbocycles. The summed E-state index contributed by atoms with van der Waals surface area (Å²) in [6, 6.07) is 17.4. The molecule has 1 aliphatic rings. The summed E-state index contributed by atoms with van der Waals surface area (Å²) in [6.45, 7) is 2.10. The highest BCUT2D eigenvalue weighted by Gasteiger charge is 2.14. The van der Waals surface area contributed by atoms with Crippen LogP contribution in [0.1, 0.15) is 61.1 Å². The molecule has 0 aromatic heterocycles. The minimum absolute atomic E-state index is 0.744. The molecule has 2 aromatic rings. The molecule has 2 nitrogen and oxygen atoms in total. The predicted octanol–water partition coefficient (Wildman–Crippen LogP) is 5.92. The van der Waals surface area contributed by atoms with Gasteiger partial charge in [-0.1, -0.05) is 67.6 Å². The molecule has 1 aliphatic carbocycles. The number of benzene rings is 2. The molecule has 0 unspecified atom stereocenters. The van der Waals surface area contributed by atoms with Crippen LogP contribution in [0.25, 0.3) is 0 Å². The third kappa shape index (κ3) is 4.25. The van der Waals surface area contributed by atoms with E-state index in [1.54, 1.807) is 0 Å². The van der Waals surface area contributed by atoms with E-state index in [0.717, 1.165) is 23.0 Å². The van der Waals surface area contributed by atoms with E-state index in [-0.39, 0.29) is 0 Å². The van der Waals surface area contributed by atoms with Gasteiger partial charge < -0.3 is 5.32 Å². The van der Waals surface area contributed by atoms with Gasteiger partial charge in [0.2, 0.25) is 0 Å². The first-order chi connectivity index (χ1) is 11.8. The Morgan fingerprint density at radius 3 is 2.08 bits per heavy atom. The molecule has 1 saturated carbocycles. The van der Waals surface area contributed by atoms with Gasteiger partial charge in [0, 0.05) is 18.3 Å². The lowest BCUT2D eigenvalue weighted by Crippen LogP contribution is -2.13. The number of aliphatic imine (C=N–C) groups is 1. The quantitative estimate of drug-likeness (QED) is 0.423. The first-order valence-corrected chi connectivity index (χ1v) is 9.17. The van der Waals surface area contributed by atoms with Crippen molar-refractivity contribution in [3.8, 4) is 0 Å². The van der Waals surface area contributed by atoms with Crippen molar-refractivity contribution in [2.45, 2.75) is 51.4 Å². The molecule has 3 rings (SSSR count). The lowest BCUT2D eigenvalue weighted by atomic mass is 9.91. The zero-order valence-electron chi connectivity index (χ0n) is 14.9. The van der Waals surface area contributed by atoms with Crippen LogP contribution in [0.2, 0.25) is 0 Å². The lowest BCUT2D eigenvalue weighted by molar-refractivity contribution is 0.592. The van der Waals surface area contributed by atoms with E-state index in [4.69, 9.17) is 0 Å². The van der Waals surface area contributed by atoms with Gasteiger partial charge in [-0.05, 0) is 43.4 Å². The molecule has 126 valence electrons. The summed E-state index contributed by atoms with van der Waals surface area (Å²) >= 11 is 0. The van der Waals surface area contributed by atoms with E-state index in [1.807, 2.05) is 7.05 Å². The summed E-state index contributed by atoms with van der Waals surface area (Å²) < 4.78 is 0. The molecule has 0 saturated heterocycles. The van der Waals surface area contributed by atoms with Crippen molar-refractivity contribution in [3.05, 3.63) is 65.2 Å². The van der Waals surface area contributed by atoms with Gasteiger partial charge in [0.25, 0.3) is 0 Å². The van der Waals surface area contributed by atoms with E-state index in [2.05, 4.69) is 65.8 Å². The van der Waals surface area contributed by atoms with Crippen molar-refractivity contribution >= 4 is 11.5 Å². The standard InChI is InChI=1S/C22H28N2/c1-17-9-15-21(16-10-17)24-22(23-2)20-13-11-19(12-14-20)18-7-5-3-4-6-8-18/h9-16,18H,3-8H2,1-2H3,(H,23,24). The average Bonchev–Trinajstić information content (AvgIpc) is 2.91. The second kappa shape index (κ2) is 8.14. The maximum atomic E-state index is 4.44. The molecule has 0 spiro atoms. The first kappa shape index (κ1) is 16.8. The number of anilines is 1. The number of hydrogen-bond donors (Lipinski definition) is 1. The smallest absolute Gasteiger partial charge is 0.132 e. The van der Waals surface area contributed by atoms with E-state index in [9.17, 15) is 0 Å².